The van der Waals surface area contributed by atoms with E-state index in [-0.39, 0.29) is 13.0 Å². The molecule has 0 radical (unpaired) electrons. The van der Waals surface area contributed by atoms with E-state index in [0.717, 1.165) is 0 Å². The molecule has 15 heavy (non-hydrogen) atoms. The SMILES string of the molecule is CCC(C(=O)O)C(=O)NCc1ccco1. The summed E-state index contributed by atoms with van der Waals surface area (Å²) in [6, 6.07) is 3.41. The number of aliphatic carboxylic acids is 1. The molecule has 2 N–H and O–H groups in total. The van der Waals surface area contributed by atoms with E-state index in [4.69, 9.17) is 9.52 Å². The average molecular weight is 211 g/mol. The number of hydrogen-bond acceptors (Lipinski definition) is 3. The molecule has 0 aromatic carbocycles. The Morgan fingerprint density at radius 3 is 2.80 bits per heavy atom. The van der Waals surface area contributed by atoms with Crippen LogP contribution in [0, 0.1) is 5.92 Å². The van der Waals surface area contributed by atoms with Crippen molar-refractivity contribution in [3.05, 3.63) is 24.2 Å². The minimum Gasteiger partial charge on any atom is -0.481 e. The van der Waals surface area contributed by atoms with Crippen molar-refractivity contribution in [1.29, 1.82) is 0 Å². The van der Waals surface area contributed by atoms with Crippen molar-refractivity contribution >= 4 is 11.9 Å². The van der Waals surface area contributed by atoms with E-state index in [1.165, 1.54) is 6.26 Å². The summed E-state index contributed by atoms with van der Waals surface area (Å²) in [5, 5.41) is 11.2. The normalized spacial score (nSPS) is 12.1. The molecule has 82 valence electrons. The molecular weight excluding hydrogens is 198 g/mol. The fraction of sp³-hybridized carbons (Fsp3) is 0.400. The summed E-state index contributed by atoms with van der Waals surface area (Å²) in [5.74, 6) is -1.97. The zero-order chi connectivity index (χ0) is 11.3. The lowest BCUT2D eigenvalue weighted by atomic mass is 10.1. The van der Waals surface area contributed by atoms with Crippen LogP contribution in [0.2, 0.25) is 0 Å². The van der Waals surface area contributed by atoms with Gasteiger partial charge in [0.05, 0.1) is 12.8 Å². The highest BCUT2D eigenvalue weighted by molar-refractivity contribution is 5.96. The van der Waals surface area contributed by atoms with Crippen molar-refractivity contribution in [2.45, 2.75) is 19.9 Å². The molecule has 1 rings (SSSR count). The van der Waals surface area contributed by atoms with Crippen LogP contribution in [0.15, 0.2) is 22.8 Å². The highest BCUT2D eigenvalue weighted by Gasteiger charge is 2.23. The van der Waals surface area contributed by atoms with E-state index >= 15 is 0 Å². The lowest BCUT2D eigenvalue weighted by Crippen LogP contribution is -2.34. The molecule has 1 aromatic rings. The highest BCUT2D eigenvalue weighted by atomic mass is 16.4. The zero-order valence-corrected chi connectivity index (χ0v) is 8.40. The number of amides is 1. The molecule has 1 unspecified atom stereocenters. The third-order valence-corrected chi connectivity index (χ3v) is 2.04. The Morgan fingerprint density at radius 1 is 1.60 bits per heavy atom. The monoisotopic (exact) mass is 211 g/mol. The molecule has 5 nitrogen and oxygen atoms in total. The number of carbonyl (C=O) groups excluding carboxylic acids is 1. The third kappa shape index (κ3) is 3.12. The molecule has 0 saturated carbocycles. The maximum Gasteiger partial charge on any atom is 0.316 e. The molecule has 0 fully saturated rings. The van der Waals surface area contributed by atoms with Crippen LogP contribution in [0.4, 0.5) is 0 Å². The second-order valence-corrected chi connectivity index (χ2v) is 3.10. The first-order valence-electron chi connectivity index (χ1n) is 4.68. The molecule has 1 aromatic heterocycles. The minimum absolute atomic E-state index is 0.218. The summed E-state index contributed by atoms with van der Waals surface area (Å²) < 4.78 is 5.00. The fourth-order valence-electron chi connectivity index (χ4n) is 1.18. The van der Waals surface area contributed by atoms with Crippen LogP contribution in [0.5, 0.6) is 0 Å². The van der Waals surface area contributed by atoms with Crippen molar-refractivity contribution in [3.8, 4) is 0 Å². The van der Waals surface area contributed by atoms with Crippen molar-refractivity contribution in [2.24, 2.45) is 5.92 Å². The molecule has 0 aliphatic rings. The Morgan fingerprint density at radius 2 is 2.33 bits per heavy atom. The number of furan rings is 1. The average Bonchev–Trinajstić information content (AvgIpc) is 2.67. The summed E-state index contributed by atoms with van der Waals surface area (Å²) in [6.07, 6.45) is 1.77. The van der Waals surface area contributed by atoms with Gasteiger partial charge in [-0.25, -0.2) is 0 Å². The molecule has 0 bridgehead atoms. The Kier molecular flexibility index (Phi) is 3.91. The van der Waals surface area contributed by atoms with Gasteiger partial charge in [0.2, 0.25) is 5.91 Å². The Labute approximate surface area is 87.1 Å². The molecule has 0 aliphatic carbocycles. The quantitative estimate of drug-likeness (QED) is 0.712. The lowest BCUT2D eigenvalue weighted by Gasteiger charge is -2.09. The number of carbonyl (C=O) groups is 2. The van der Waals surface area contributed by atoms with Gasteiger partial charge in [-0.2, -0.15) is 0 Å². The van der Waals surface area contributed by atoms with Crippen LogP contribution in [0.1, 0.15) is 19.1 Å². The van der Waals surface area contributed by atoms with E-state index in [2.05, 4.69) is 5.32 Å². The van der Waals surface area contributed by atoms with Crippen LogP contribution in [-0.4, -0.2) is 17.0 Å². The predicted octanol–water partition coefficient (Wildman–Crippen LogP) is 1.01. The van der Waals surface area contributed by atoms with Gasteiger partial charge < -0.3 is 14.8 Å². The first-order chi connectivity index (χ1) is 7.15. The Balaban J connectivity index is 2.44. The van der Waals surface area contributed by atoms with Crippen LogP contribution < -0.4 is 5.32 Å². The van der Waals surface area contributed by atoms with Crippen molar-refractivity contribution in [3.63, 3.8) is 0 Å². The van der Waals surface area contributed by atoms with Crippen molar-refractivity contribution < 1.29 is 19.1 Å². The van der Waals surface area contributed by atoms with Crippen molar-refractivity contribution in [1.82, 2.24) is 5.32 Å². The smallest absolute Gasteiger partial charge is 0.316 e. The number of carboxylic acids is 1. The molecule has 5 heteroatoms. The van der Waals surface area contributed by atoms with E-state index in [1.807, 2.05) is 0 Å². The largest absolute Gasteiger partial charge is 0.481 e. The standard InChI is InChI=1S/C10H13NO4/c1-2-8(10(13)14)9(12)11-6-7-4-3-5-15-7/h3-5,8H,2,6H2,1H3,(H,11,12)(H,13,14). The summed E-state index contributed by atoms with van der Waals surface area (Å²) in [6.45, 7) is 1.88. The van der Waals surface area contributed by atoms with Gasteiger partial charge in [0.25, 0.3) is 0 Å². The molecular formula is C10H13NO4. The fourth-order valence-corrected chi connectivity index (χ4v) is 1.18. The topological polar surface area (TPSA) is 79.5 Å². The van der Waals surface area contributed by atoms with E-state index in [9.17, 15) is 9.59 Å². The highest BCUT2D eigenvalue weighted by Crippen LogP contribution is 2.04. The van der Waals surface area contributed by atoms with Crippen LogP contribution in [-0.2, 0) is 16.1 Å². The lowest BCUT2D eigenvalue weighted by molar-refractivity contribution is -0.147. The van der Waals surface area contributed by atoms with Crippen molar-refractivity contribution in [2.75, 3.05) is 0 Å². The zero-order valence-electron chi connectivity index (χ0n) is 8.40. The maximum absolute atomic E-state index is 11.4. The van der Waals surface area contributed by atoms with E-state index in [0.29, 0.717) is 5.76 Å². The van der Waals surface area contributed by atoms with Gasteiger partial charge in [-0.15, -0.1) is 0 Å². The van der Waals surface area contributed by atoms with E-state index < -0.39 is 17.8 Å². The first-order valence-corrected chi connectivity index (χ1v) is 4.68. The summed E-state index contributed by atoms with van der Waals surface area (Å²) in [5.41, 5.74) is 0. The van der Waals surface area contributed by atoms with Gasteiger partial charge in [0.15, 0.2) is 0 Å². The molecule has 0 saturated heterocycles. The summed E-state index contributed by atoms with van der Waals surface area (Å²) in [7, 11) is 0. The van der Waals surface area contributed by atoms with Gasteiger partial charge >= 0.3 is 5.97 Å². The summed E-state index contributed by atoms with van der Waals surface area (Å²) in [4.78, 5) is 22.0. The number of carboxylic acid groups (broad SMARTS) is 1. The molecule has 0 aliphatic heterocycles. The van der Waals surface area contributed by atoms with Gasteiger partial charge in [-0.05, 0) is 18.6 Å². The maximum atomic E-state index is 11.4. The van der Waals surface area contributed by atoms with Gasteiger partial charge in [-0.1, -0.05) is 6.92 Å². The second-order valence-electron chi connectivity index (χ2n) is 3.10. The van der Waals surface area contributed by atoms with Gasteiger partial charge in [0, 0.05) is 0 Å². The van der Waals surface area contributed by atoms with Crippen LogP contribution in [0.3, 0.4) is 0 Å². The first kappa shape index (κ1) is 11.3. The third-order valence-electron chi connectivity index (χ3n) is 2.04. The molecule has 1 amide bonds. The Hall–Kier alpha value is -1.78. The predicted molar refractivity (Wildman–Crippen MR) is 52.0 cm³/mol. The van der Waals surface area contributed by atoms with Crippen LogP contribution in [0.25, 0.3) is 0 Å². The number of rotatable bonds is 5. The van der Waals surface area contributed by atoms with Gasteiger partial charge in [0.1, 0.15) is 11.7 Å². The molecule has 1 heterocycles. The minimum atomic E-state index is -1.10. The van der Waals surface area contributed by atoms with E-state index in [1.54, 1.807) is 19.1 Å². The van der Waals surface area contributed by atoms with Crippen LogP contribution >= 0.6 is 0 Å². The number of hydrogen-bond donors (Lipinski definition) is 2. The summed E-state index contributed by atoms with van der Waals surface area (Å²) >= 11 is 0. The Bertz CT molecular complexity index is 331. The second kappa shape index (κ2) is 5.19. The van der Waals surface area contributed by atoms with Gasteiger partial charge in [-0.3, -0.25) is 9.59 Å². The number of nitrogens with one attached hydrogen (secondary N) is 1. The molecule has 0 spiro atoms. The molecule has 1 atom stereocenters.